The fourth-order valence-electron chi connectivity index (χ4n) is 8.21. The minimum absolute atomic E-state index is 0. The van der Waals surface area contributed by atoms with Gasteiger partial charge >= 0.3 is 277 Å². The fraction of sp³-hybridized carbons (Fsp3) is 0.293. The van der Waals surface area contributed by atoms with Gasteiger partial charge in [0.25, 0.3) is 0 Å². The standard InChI is InChI=1S/C15H13.C13H21.2C6H4Cl.CH2.2ClH.Zr/c1-10-3-5-14-12(7-10)9-13-8-11(2)4-6-15(13)14;1-5-6-7-11-8-9-12(10-11)13(2,3)4;2*7-6-4-2-1-3-5-6;;;;/h3-7H,9H2,1-2H3;9-11H,5-7H2,1-4H3;2*1-2,4-5H;1H2;2*1H;. The van der Waals surface area contributed by atoms with E-state index in [9.17, 15) is 0 Å². The molecule has 0 aliphatic heterocycles. The van der Waals surface area contributed by atoms with E-state index >= 15 is 0 Å². The van der Waals surface area contributed by atoms with Gasteiger partial charge in [-0.05, 0) is 0 Å². The Kier molecular flexibility index (Phi) is 11.0. The van der Waals surface area contributed by atoms with Crippen LogP contribution in [0.5, 0.6) is 0 Å². The van der Waals surface area contributed by atoms with Gasteiger partial charge in [0.15, 0.2) is 0 Å². The summed E-state index contributed by atoms with van der Waals surface area (Å²) in [6, 6.07) is 29.0. The van der Waals surface area contributed by atoms with E-state index in [2.05, 4.69) is 120 Å². The number of rotatable bonds is 7. The molecule has 4 aromatic carbocycles. The SMILES string of the molecule is Cl.Cl.[CH2]=[Zr]([C]1=CC(C(C)(C)C)=CC1CCCC)([c]1cccc(Cl)c1)([c]1cccc(Cl)c1)[c]1c(C)ccc2c1Cc1cc(C)ccc1-2. The topological polar surface area (TPSA) is 0 Å². The molecule has 0 aromatic heterocycles. The van der Waals surface area contributed by atoms with E-state index < -0.39 is 18.3 Å². The van der Waals surface area contributed by atoms with Gasteiger partial charge in [0, 0.05) is 0 Å². The molecule has 46 heavy (non-hydrogen) atoms. The monoisotopic (exact) mass is 768 g/mol. The summed E-state index contributed by atoms with van der Waals surface area (Å²) in [7, 11) is 0. The number of halogens is 4. The van der Waals surface area contributed by atoms with Crippen molar-refractivity contribution in [1.29, 1.82) is 0 Å². The molecular weight excluding hydrogens is 725 g/mol. The van der Waals surface area contributed by atoms with Gasteiger partial charge in [0.1, 0.15) is 0 Å². The van der Waals surface area contributed by atoms with Gasteiger partial charge in [-0.15, -0.1) is 24.8 Å². The average Bonchev–Trinajstić information content (AvgIpc) is 3.58. The zero-order valence-corrected chi connectivity index (χ0v) is 33.4. The van der Waals surface area contributed by atoms with E-state index in [0.29, 0.717) is 5.92 Å². The fourth-order valence-corrected chi connectivity index (χ4v) is 26.5. The summed E-state index contributed by atoms with van der Waals surface area (Å²) in [4.78, 5) is 0. The Hall–Kier alpha value is -1.73. The van der Waals surface area contributed by atoms with Crippen LogP contribution >= 0.6 is 48.0 Å². The summed E-state index contributed by atoms with van der Waals surface area (Å²) in [5.41, 5.74) is 9.58. The number of unbranched alkanes of at least 4 members (excludes halogenated alkanes) is 1. The van der Waals surface area contributed by atoms with E-state index in [1.165, 1.54) is 58.5 Å². The summed E-state index contributed by atoms with van der Waals surface area (Å²) < 4.78 is 11.3. The van der Waals surface area contributed by atoms with Crippen LogP contribution in [0.15, 0.2) is 99.9 Å². The van der Waals surface area contributed by atoms with Crippen molar-refractivity contribution < 1.29 is 18.3 Å². The Labute approximate surface area is 299 Å². The molecule has 6 rings (SSSR count). The molecule has 4 aromatic rings. The van der Waals surface area contributed by atoms with Gasteiger partial charge in [-0.3, -0.25) is 0 Å². The summed E-state index contributed by atoms with van der Waals surface area (Å²) in [5.74, 6) is 0.298. The number of hydrogen-bond acceptors (Lipinski definition) is 0. The first-order valence-electron chi connectivity index (χ1n) is 16.1. The molecule has 5 heteroatoms. The van der Waals surface area contributed by atoms with Crippen LogP contribution in [0.2, 0.25) is 10.0 Å². The molecule has 2 aliphatic carbocycles. The van der Waals surface area contributed by atoms with Gasteiger partial charge in [-0.1, -0.05) is 0 Å². The van der Waals surface area contributed by atoms with E-state index in [-0.39, 0.29) is 30.2 Å². The normalized spacial score (nSPS) is 15.7. The Bertz CT molecular complexity index is 1870. The van der Waals surface area contributed by atoms with Gasteiger partial charge in [0.05, 0.1) is 0 Å². The van der Waals surface area contributed by atoms with Crippen LogP contribution in [0, 0.1) is 25.2 Å². The van der Waals surface area contributed by atoms with E-state index in [1.807, 2.05) is 12.1 Å². The molecule has 0 amide bonds. The molecule has 0 heterocycles. The van der Waals surface area contributed by atoms with Crippen molar-refractivity contribution >= 4 is 62.0 Å². The van der Waals surface area contributed by atoms with Gasteiger partial charge in [0.2, 0.25) is 0 Å². The number of hydrogen-bond donors (Lipinski definition) is 0. The molecule has 242 valence electrons. The summed E-state index contributed by atoms with van der Waals surface area (Å²) in [6.07, 6.45) is 9.50. The van der Waals surface area contributed by atoms with Crippen LogP contribution in [0.4, 0.5) is 0 Å². The Morgan fingerprint density at radius 1 is 0.826 bits per heavy atom. The van der Waals surface area contributed by atoms with Crippen molar-refractivity contribution in [1.82, 2.24) is 0 Å². The number of aryl methyl sites for hydroxylation is 2. The first-order valence-corrected chi connectivity index (χ1v) is 23.5. The molecule has 1 atom stereocenters. The first kappa shape index (κ1) is 37.1. The van der Waals surface area contributed by atoms with Crippen LogP contribution in [0.3, 0.4) is 0 Å². The Morgan fingerprint density at radius 3 is 2.00 bits per heavy atom. The van der Waals surface area contributed by atoms with E-state index in [0.717, 1.165) is 29.3 Å². The molecule has 1 unspecified atom stereocenters. The maximum atomic E-state index is 6.94. The molecule has 0 bridgehead atoms. The molecule has 2 aliphatic rings. The van der Waals surface area contributed by atoms with Crippen molar-refractivity contribution in [3.63, 3.8) is 0 Å². The molecule has 0 N–H and O–H groups in total. The van der Waals surface area contributed by atoms with Crippen molar-refractivity contribution in [2.24, 2.45) is 11.3 Å². The molecule has 0 saturated heterocycles. The van der Waals surface area contributed by atoms with Crippen LogP contribution in [0.1, 0.15) is 69.2 Å². The number of allylic oxidation sites excluding steroid dienone is 4. The average molecular weight is 772 g/mol. The Morgan fingerprint density at radius 2 is 1.43 bits per heavy atom. The van der Waals surface area contributed by atoms with E-state index in [1.54, 1.807) is 0 Å². The predicted molar refractivity (Wildman–Crippen MR) is 206 cm³/mol. The summed E-state index contributed by atoms with van der Waals surface area (Å²) in [5, 5.41) is 1.51. The molecule has 0 spiro atoms. The van der Waals surface area contributed by atoms with Crippen molar-refractivity contribution in [3.8, 4) is 11.1 Å². The third kappa shape index (κ3) is 5.92. The van der Waals surface area contributed by atoms with Crippen LogP contribution in [-0.2, 0) is 24.7 Å². The van der Waals surface area contributed by atoms with E-state index in [4.69, 9.17) is 27.4 Å². The first-order chi connectivity index (χ1) is 20.9. The summed E-state index contributed by atoms with van der Waals surface area (Å²) in [6.45, 7) is 13.8. The second kappa shape index (κ2) is 13.6. The molecule has 0 radical (unpaired) electrons. The van der Waals surface area contributed by atoms with Gasteiger partial charge in [-0.25, -0.2) is 0 Å². The maximum absolute atomic E-state index is 6.94. The zero-order valence-electron chi connectivity index (χ0n) is 27.8. The second-order valence-electron chi connectivity index (χ2n) is 14.3. The third-order valence-corrected chi connectivity index (χ3v) is 27.5. The third-order valence-electron chi connectivity index (χ3n) is 10.4. The number of fused-ring (bicyclic) bond motifs is 3. The van der Waals surface area contributed by atoms with Crippen LogP contribution < -0.4 is 9.81 Å². The minimum atomic E-state index is -5.10. The predicted octanol–water partition coefficient (Wildman–Crippen LogP) is 11.1. The van der Waals surface area contributed by atoms with Crippen LogP contribution in [-0.4, -0.2) is 4.21 Å². The Balaban J connectivity index is 0.00000240. The molecule has 0 saturated carbocycles. The summed E-state index contributed by atoms with van der Waals surface area (Å²) >= 11 is 8.78. The van der Waals surface area contributed by atoms with Crippen molar-refractivity contribution in [3.05, 3.63) is 132 Å². The zero-order chi connectivity index (χ0) is 31.5. The van der Waals surface area contributed by atoms with Crippen molar-refractivity contribution in [2.75, 3.05) is 0 Å². The van der Waals surface area contributed by atoms with Gasteiger partial charge < -0.3 is 0 Å². The molecular formula is C41H46Cl4Zr. The van der Waals surface area contributed by atoms with Gasteiger partial charge in [-0.2, -0.15) is 0 Å². The van der Waals surface area contributed by atoms with Crippen LogP contribution in [0.25, 0.3) is 11.1 Å². The van der Waals surface area contributed by atoms with Crippen molar-refractivity contribution in [2.45, 2.75) is 67.2 Å². The molecule has 0 fully saturated rings. The second-order valence-corrected chi connectivity index (χ2v) is 27.8. The number of benzene rings is 4. The molecule has 0 nitrogen and oxygen atoms in total. The quantitative estimate of drug-likeness (QED) is 0.155.